The molecule has 1 aromatic carbocycles. The van der Waals surface area contributed by atoms with Gasteiger partial charge in [0.1, 0.15) is 5.75 Å². The molecule has 3 rings (SSSR count). The van der Waals surface area contributed by atoms with E-state index in [2.05, 4.69) is 5.32 Å². The molecule has 10 heteroatoms. The number of amides is 3. The van der Waals surface area contributed by atoms with Crippen molar-refractivity contribution < 1.29 is 22.7 Å². The summed E-state index contributed by atoms with van der Waals surface area (Å²) in [7, 11) is -0.205. The minimum Gasteiger partial charge on any atom is -0.492 e. The molecule has 9 nitrogen and oxygen atoms in total. The Hall–Kier alpha value is -2.33. The van der Waals surface area contributed by atoms with E-state index in [1.54, 1.807) is 25.1 Å². The van der Waals surface area contributed by atoms with Gasteiger partial charge in [-0.2, -0.15) is 4.31 Å². The molecule has 1 aromatic rings. The van der Waals surface area contributed by atoms with Crippen LogP contribution in [-0.2, 0) is 14.8 Å². The van der Waals surface area contributed by atoms with Gasteiger partial charge >= 0.3 is 6.03 Å². The number of carbonyl (C=O) groups is 2. The van der Waals surface area contributed by atoms with Crippen LogP contribution in [0.5, 0.6) is 5.75 Å². The van der Waals surface area contributed by atoms with Crippen LogP contribution >= 0.6 is 0 Å². The van der Waals surface area contributed by atoms with Crippen LogP contribution in [0.25, 0.3) is 0 Å². The molecule has 2 aliphatic rings. The molecule has 178 valence electrons. The van der Waals surface area contributed by atoms with Crippen LogP contribution in [0, 0.1) is 5.92 Å². The first-order valence-electron chi connectivity index (χ1n) is 11.3. The Morgan fingerprint density at radius 1 is 1.09 bits per heavy atom. The fourth-order valence-corrected chi connectivity index (χ4v) is 5.70. The number of urea groups is 1. The minimum absolute atomic E-state index is 0.0573. The molecule has 2 heterocycles. The number of carbonyl (C=O) groups excluding carboxylic acids is 2. The smallest absolute Gasteiger partial charge is 0.319 e. The highest BCUT2D eigenvalue weighted by Gasteiger charge is 2.30. The van der Waals surface area contributed by atoms with Crippen molar-refractivity contribution in [3.05, 3.63) is 18.2 Å². The first-order valence-corrected chi connectivity index (χ1v) is 12.7. The third-order valence-electron chi connectivity index (χ3n) is 5.98. The zero-order valence-electron chi connectivity index (χ0n) is 19.2. The highest BCUT2D eigenvalue weighted by atomic mass is 32.2. The van der Waals surface area contributed by atoms with Crippen molar-refractivity contribution >= 4 is 27.6 Å². The lowest BCUT2D eigenvalue weighted by Gasteiger charge is -2.33. The predicted octanol–water partition coefficient (Wildman–Crippen LogP) is 2.59. The Kier molecular flexibility index (Phi) is 8.00. The first kappa shape index (κ1) is 24.3. The van der Waals surface area contributed by atoms with Gasteiger partial charge in [0.15, 0.2) is 0 Å². The summed E-state index contributed by atoms with van der Waals surface area (Å²) in [4.78, 5) is 28.5. The first-order chi connectivity index (χ1) is 15.2. The van der Waals surface area contributed by atoms with E-state index in [1.807, 2.05) is 6.92 Å². The Labute approximate surface area is 190 Å². The third kappa shape index (κ3) is 5.53. The van der Waals surface area contributed by atoms with Crippen molar-refractivity contribution in [2.75, 3.05) is 52.2 Å². The van der Waals surface area contributed by atoms with Gasteiger partial charge in [0.2, 0.25) is 15.9 Å². The molecule has 1 N–H and O–H groups in total. The number of benzene rings is 1. The van der Waals surface area contributed by atoms with Crippen molar-refractivity contribution in [2.24, 2.45) is 5.92 Å². The fraction of sp³-hybridized carbons (Fsp3) is 0.636. The summed E-state index contributed by atoms with van der Waals surface area (Å²) >= 11 is 0. The molecule has 0 aliphatic carbocycles. The van der Waals surface area contributed by atoms with Gasteiger partial charge in [-0.25, -0.2) is 13.2 Å². The third-order valence-corrected chi connectivity index (χ3v) is 7.88. The van der Waals surface area contributed by atoms with Crippen molar-refractivity contribution in [3.8, 4) is 5.75 Å². The Morgan fingerprint density at radius 2 is 1.75 bits per heavy atom. The van der Waals surface area contributed by atoms with E-state index in [-0.39, 0.29) is 22.8 Å². The van der Waals surface area contributed by atoms with Gasteiger partial charge < -0.3 is 19.9 Å². The van der Waals surface area contributed by atoms with E-state index < -0.39 is 10.0 Å². The quantitative estimate of drug-likeness (QED) is 0.695. The van der Waals surface area contributed by atoms with Crippen LogP contribution in [0.15, 0.2) is 23.1 Å². The van der Waals surface area contributed by atoms with Crippen LogP contribution < -0.4 is 10.1 Å². The van der Waals surface area contributed by atoms with Crippen LogP contribution in [-0.4, -0.2) is 81.3 Å². The standard InChI is InChI=1S/C22H34N4O5S/c1-4-31-20-9-8-18(32(29,30)26-12-6-5-7-13-26)16-19(20)23-21(27)17-10-14-25(15-11-17)22(28)24(2)3/h8-9,16-17H,4-7,10-15H2,1-3H3,(H,23,27). The maximum absolute atomic E-state index is 13.1. The number of nitrogens with zero attached hydrogens (tertiary/aromatic N) is 3. The van der Waals surface area contributed by atoms with E-state index in [0.29, 0.717) is 57.1 Å². The van der Waals surface area contributed by atoms with E-state index in [4.69, 9.17) is 4.74 Å². The maximum atomic E-state index is 13.1. The number of ether oxygens (including phenoxy) is 1. The van der Waals surface area contributed by atoms with Crippen LogP contribution in [0.4, 0.5) is 10.5 Å². The second-order valence-corrected chi connectivity index (χ2v) is 10.4. The second-order valence-electron chi connectivity index (χ2n) is 8.48. The average Bonchev–Trinajstić information content (AvgIpc) is 2.80. The number of likely N-dealkylation sites (tertiary alicyclic amines) is 1. The predicted molar refractivity (Wildman–Crippen MR) is 122 cm³/mol. The van der Waals surface area contributed by atoms with Crippen molar-refractivity contribution in [2.45, 2.75) is 43.9 Å². The molecule has 0 radical (unpaired) electrons. The Morgan fingerprint density at radius 3 is 2.34 bits per heavy atom. The zero-order valence-corrected chi connectivity index (χ0v) is 20.0. The van der Waals surface area contributed by atoms with Crippen molar-refractivity contribution in [3.63, 3.8) is 0 Å². The van der Waals surface area contributed by atoms with Crippen LogP contribution in [0.1, 0.15) is 39.0 Å². The number of hydrogen-bond donors (Lipinski definition) is 1. The van der Waals surface area contributed by atoms with Crippen LogP contribution in [0.3, 0.4) is 0 Å². The molecule has 2 aliphatic heterocycles. The molecule has 0 aromatic heterocycles. The summed E-state index contributed by atoms with van der Waals surface area (Å²) in [6.45, 7) is 4.28. The molecule has 0 saturated carbocycles. The minimum atomic E-state index is -3.62. The lowest BCUT2D eigenvalue weighted by Crippen LogP contribution is -2.45. The van der Waals surface area contributed by atoms with Gasteiger partial charge in [-0.05, 0) is 50.8 Å². The molecule has 0 spiro atoms. The van der Waals surface area contributed by atoms with Crippen molar-refractivity contribution in [1.82, 2.24) is 14.1 Å². The van der Waals surface area contributed by atoms with E-state index in [1.165, 1.54) is 21.3 Å². The molecule has 2 fully saturated rings. The molecular formula is C22H34N4O5S. The van der Waals surface area contributed by atoms with Gasteiger partial charge in [-0.15, -0.1) is 0 Å². The molecule has 2 saturated heterocycles. The summed E-state index contributed by atoms with van der Waals surface area (Å²) in [6, 6.07) is 4.58. The monoisotopic (exact) mass is 466 g/mol. The SMILES string of the molecule is CCOc1ccc(S(=O)(=O)N2CCCCC2)cc1NC(=O)C1CCN(C(=O)N(C)C)CC1. The van der Waals surface area contributed by atoms with Gasteiger partial charge in [-0.1, -0.05) is 6.42 Å². The molecule has 3 amide bonds. The van der Waals surface area contributed by atoms with Gasteiger partial charge in [0.25, 0.3) is 0 Å². The lowest BCUT2D eigenvalue weighted by atomic mass is 9.96. The maximum Gasteiger partial charge on any atom is 0.319 e. The topological polar surface area (TPSA) is 99.3 Å². The lowest BCUT2D eigenvalue weighted by molar-refractivity contribution is -0.121. The Balaban J connectivity index is 1.74. The zero-order chi connectivity index (χ0) is 23.3. The molecular weight excluding hydrogens is 432 g/mol. The fourth-order valence-electron chi connectivity index (χ4n) is 4.15. The summed E-state index contributed by atoms with van der Waals surface area (Å²) < 4.78 is 33.3. The molecule has 0 atom stereocenters. The van der Waals surface area contributed by atoms with Crippen molar-refractivity contribution in [1.29, 1.82) is 0 Å². The average molecular weight is 467 g/mol. The summed E-state index contributed by atoms with van der Waals surface area (Å²) in [5.74, 6) is 0.00661. The molecule has 0 unspecified atom stereocenters. The molecule has 0 bridgehead atoms. The normalized spacial score (nSPS) is 18.3. The number of anilines is 1. The highest BCUT2D eigenvalue weighted by Crippen LogP contribution is 2.31. The molecule has 32 heavy (non-hydrogen) atoms. The number of rotatable bonds is 6. The summed E-state index contributed by atoms with van der Waals surface area (Å²) in [5.41, 5.74) is 0.363. The summed E-state index contributed by atoms with van der Waals surface area (Å²) in [6.07, 6.45) is 3.86. The number of nitrogens with one attached hydrogen (secondary N) is 1. The van der Waals surface area contributed by atoms with E-state index >= 15 is 0 Å². The van der Waals surface area contributed by atoms with E-state index in [0.717, 1.165) is 19.3 Å². The second kappa shape index (κ2) is 10.5. The number of piperidine rings is 2. The number of sulfonamides is 1. The Bertz CT molecular complexity index is 920. The van der Waals surface area contributed by atoms with Gasteiger partial charge in [0, 0.05) is 46.2 Å². The summed E-state index contributed by atoms with van der Waals surface area (Å²) in [5, 5.41) is 2.89. The van der Waals surface area contributed by atoms with Crippen LogP contribution in [0.2, 0.25) is 0 Å². The van der Waals surface area contributed by atoms with Gasteiger partial charge in [-0.3, -0.25) is 4.79 Å². The number of hydrogen-bond acceptors (Lipinski definition) is 5. The van der Waals surface area contributed by atoms with E-state index in [9.17, 15) is 18.0 Å². The largest absolute Gasteiger partial charge is 0.492 e. The highest BCUT2D eigenvalue weighted by molar-refractivity contribution is 7.89. The van der Waals surface area contributed by atoms with Gasteiger partial charge in [0.05, 0.1) is 17.2 Å².